The van der Waals surface area contributed by atoms with Crippen LogP contribution in [0.3, 0.4) is 0 Å². The topological polar surface area (TPSA) is 116 Å². The predicted molar refractivity (Wildman–Crippen MR) is 168 cm³/mol. The highest BCUT2D eigenvalue weighted by atomic mass is 16.5. The number of carbonyl (C=O) groups excluding carboxylic acids is 1. The van der Waals surface area contributed by atoms with Crippen LogP contribution < -0.4 is 0 Å². The molecule has 0 radical (unpaired) electrons. The summed E-state index contributed by atoms with van der Waals surface area (Å²) in [6, 6.07) is 0. The average Bonchev–Trinajstić information content (AvgIpc) is 3.58. The Morgan fingerprint density at radius 3 is 1.62 bits per heavy atom. The molecule has 4 N–H and O–H groups in total. The minimum atomic E-state index is -0.655. The predicted octanol–water partition coefficient (Wildman–Crippen LogP) is 7.06. The van der Waals surface area contributed by atoms with E-state index in [1.165, 1.54) is 70.6 Å². The van der Waals surface area contributed by atoms with Crippen molar-refractivity contribution in [2.75, 3.05) is 0 Å². The molecule has 7 nitrogen and oxygen atoms in total. The number of hydrogen-bond acceptors (Lipinski definition) is 7. The van der Waals surface area contributed by atoms with Crippen molar-refractivity contribution in [2.24, 2.45) is 0 Å². The van der Waals surface area contributed by atoms with Crippen LogP contribution in [0.4, 0.5) is 0 Å². The third-order valence-electron chi connectivity index (χ3n) is 9.11. The van der Waals surface area contributed by atoms with Crippen LogP contribution in [0.15, 0.2) is 11.6 Å². The van der Waals surface area contributed by atoms with Gasteiger partial charge in [-0.05, 0) is 57.9 Å². The van der Waals surface area contributed by atoms with E-state index in [2.05, 4.69) is 6.92 Å². The van der Waals surface area contributed by atoms with Gasteiger partial charge in [-0.3, -0.25) is 0 Å². The van der Waals surface area contributed by atoms with Gasteiger partial charge in [0, 0.05) is 12.0 Å². The number of hydrogen-bond donors (Lipinski definition) is 4. The van der Waals surface area contributed by atoms with Crippen LogP contribution >= 0.6 is 0 Å². The van der Waals surface area contributed by atoms with Gasteiger partial charge in [-0.1, -0.05) is 103 Å². The molecule has 0 amide bonds. The van der Waals surface area contributed by atoms with E-state index in [-0.39, 0.29) is 30.7 Å². The summed E-state index contributed by atoms with van der Waals surface area (Å²) in [5.41, 5.74) is 0.523. The van der Waals surface area contributed by atoms with Crippen LogP contribution in [0.2, 0.25) is 0 Å². The van der Waals surface area contributed by atoms with Gasteiger partial charge in [0.15, 0.2) is 0 Å². The molecule has 2 aliphatic heterocycles. The summed E-state index contributed by atoms with van der Waals surface area (Å²) in [4.78, 5) is 11.7. The van der Waals surface area contributed by atoms with Gasteiger partial charge in [0.05, 0.1) is 36.6 Å². The van der Waals surface area contributed by atoms with Crippen LogP contribution in [0, 0.1) is 0 Å². The van der Waals surface area contributed by atoms with E-state index >= 15 is 0 Å². The van der Waals surface area contributed by atoms with E-state index in [4.69, 9.17) is 9.47 Å². The second-order valence-electron chi connectivity index (χ2n) is 13.1. The molecule has 42 heavy (non-hydrogen) atoms. The molecule has 0 spiro atoms. The van der Waals surface area contributed by atoms with E-state index in [1.807, 2.05) is 0 Å². The van der Waals surface area contributed by atoms with Crippen LogP contribution in [0.1, 0.15) is 162 Å². The third-order valence-corrected chi connectivity index (χ3v) is 9.11. The molecule has 246 valence electrons. The Hall–Kier alpha value is -0.990. The summed E-state index contributed by atoms with van der Waals surface area (Å²) in [6.45, 7) is 4.06. The normalized spacial score (nSPS) is 23.5. The fraction of sp³-hybridized carbons (Fsp3) is 0.914. The monoisotopic (exact) mass is 596 g/mol. The Bertz CT molecular complexity index is 726. The van der Waals surface area contributed by atoms with Gasteiger partial charge in [-0.2, -0.15) is 0 Å². The van der Waals surface area contributed by atoms with Crippen LogP contribution in [0.25, 0.3) is 0 Å². The molecule has 0 unspecified atom stereocenters. The number of aliphatic hydroxyl groups is 4. The van der Waals surface area contributed by atoms with Crippen LogP contribution in [0.5, 0.6) is 0 Å². The number of ether oxygens (including phenoxy) is 2. The molecular formula is C35H64O7. The van der Waals surface area contributed by atoms with Crippen molar-refractivity contribution >= 4 is 5.97 Å². The molecule has 0 saturated carbocycles. The lowest BCUT2D eigenvalue weighted by atomic mass is 9.98. The summed E-state index contributed by atoms with van der Waals surface area (Å²) in [6.07, 6.45) is 22.5. The first kappa shape index (κ1) is 37.2. The van der Waals surface area contributed by atoms with E-state index in [1.54, 1.807) is 13.0 Å². The zero-order valence-electron chi connectivity index (χ0n) is 26.9. The number of aliphatic hydroxyl groups excluding tert-OH is 4. The standard InChI is InChI=1S/C35H64O7/c1-3-4-5-6-7-8-9-10-11-12-13-16-19-31(38)33-23-24-34(42-33)32(39)20-17-14-15-18-29(36)21-22-30(37)26-28-25-27(2)41-35(28)40/h25,27,29-34,36-39H,3-24,26H2,1-2H3/t27-,29-,30+,31+,32+,33+,34+/m0/s1. The lowest BCUT2D eigenvalue weighted by Crippen LogP contribution is -2.31. The first-order valence-corrected chi connectivity index (χ1v) is 17.6. The Balaban J connectivity index is 1.42. The Labute approximate surface area is 256 Å². The van der Waals surface area contributed by atoms with Crippen LogP contribution in [-0.2, 0) is 14.3 Å². The Kier molecular flexibility index (Phi) is 19.9. The molecule has 0 aromatic carbocycles. The molecular weight excluding hydrogens is 532 g/mol. The number of carbonyl (C=O) groups is 1. The first-order valence-electron chi connectivity index (χ1n) is 17.6. The second kappa shape index (κ2) is 22.5. The van der Waals surface area contributed by atoms with Crippen molar-refractivity contribution < 1.29 is 34.7 Å². The van der Waals surface area contributed by atoms with E-state index in [0.717, 1.165) is 44.9 Å². The maximum Gasteiger partial charge on any atom is 0.334 e. The largest absolute Gasteiger partial charge is 0.455 e. The molecule has 2 heterocycles. The van der Waals surface area contributed by atoms with Gasteiger partial charge < -0.3 is 29.9 Å². The van der Waals surface area contributed by atoms with Crippen molar-refractivity contribution in [1.82, 2.24) is 0 Å². The highest BCUT2D eigenvalue weighted by Gasteiger charge is 2.34. The second-order valence-corrected chi connectivity index (χ2v) is 13.1. The van der Waals surface area contributed by atoms with Crippen molar-refractivity contribution in [1.29, 1.82) is 0 Å². The van der Waals surface area contributed by atoms with Gasteiger partial charge in [0.25, 0.3) is 0 Å². The van der Waals surface area contributed by atoms with Crippen molar-refractivity contribution in [3.63, 3.8) is 0 Å². The number of esters is 1. The smallest absolute Gasteiger partial charge is 0.334 e. The molecule has 2 aliphatic rings. The Morgan fingerprint density at radius 1 is 0.667 bits per heavy atom. The summed E-state index contributed by atoms with van der Waals surface area (Å²) >= 11 is 0. The zero-order valence-corrected chi connectivity index (χ0v) is 26.9. The van der Waals surface area contributed by atoms with Crippen molar-refractivity contribution in [2.45, 2.75) is 204 Å². The zero-order chi connectivity index (χ0) is 30.6. The average molecular weight is 597 g/mol. The van der Waals surface area contributed by atoms with E-state index in [9.17, 15) is 25.2 Å². The molecule has 2 rings (SSSR count). The van der Waals surface area contributed by atoms with Crippen LogP contribution in [-0.4, -0.2) is 69.1 Å². The van der Waals surface area contributed by atoms with Crippen molar-refractivity contribution in [3.05, 3.63) is 11.6 Å². The van der Waals surface area contributed by atoms with Crippen molar-refractivity contribution in [3.8, 4) is 0 Å². The van der Waals surface area contributed by atoms with E-state index in [0.29, 0.717) is 31.3 Å². The highest BCUT2D eigenvalue weighted by Crippen LogP contribution is 2.28. The number of cyclic esters (lactones) is 1. The molecule has 1 saturated heterocycles. The molecule has 7 atom stereocenters. The van der Waals surface area contributed by atoms with Gasteiger partial charge in [0.2, 0.25) is 0 Å². The summed E-state index contributed by atoms with van der Waals surface area (Å²) < 4.78 is 11.1. The fourth-order valence-corrected chi connectivity index (χ4v) is 6.40. The lowest BCUT2D eigenvalue weighted by molar-refractivity contribution is -0.139. The molecule has 7 heteroatoms. The molecule has 1 fully saturated rings. The first-order chi connectivity index (χ1) is 20.3. The lowest BCUT2D eigenvalue weighted by Gasteiger charge is -2.22. The fourth-order valence-electron chi connectivity index (χ4n) is 6.40. The van der Waals surface area contributed by atoms with E-state index < -0.39 is 24.4 Å². The molecule has 0 aromatic rings. The summed E-state index contributed by atoms with van der Waals surface area (Å²) in [5.74, 6) is -0.353. The summed E-state index contributed by atoms with van der Waals surface area (Å²) in [7, 11) is 0. The maximum atomic E-state index is 11.7. The molecule has 0 bridgehead atoms. The minimum Gasteiger partial charge on any atom is -0.455 e. The number of unbranched alkanes of at least 4 members (excludes halogenated alkanes) is 13. The highest BCUT2D eigenvalue weighted by molar-refractivity contribution is 5.90. The SMILES string of the molecule is CCCCCCCCCCCCCC[C@@H](O)[C@H]1CC[C@H]([C@H](O)CCCCC[C@H](O)CC[C@@H](O)CC2=C[C@H](C)OC2=O)O1. The van der Waals surface area contributed by atoms with Gasteiger partial charge >= 0.3 is 5.97 Å². The maximum absolute atomic E-state index is 11.7. The minimum absolute atomic E-state index is 0.151. The van der Waals surface area contributed by atoms with Gasteiger partial charge in [-0.25, -0.2) is 4.79 Å². The molecule has 0 aliphatic carbocycles. The molecule has 0 aromatic heterocycles. The Morgan fingerprint density at radius 2 is 1.12 bits per heavy atom. The van der Waals surface area contributed by atoms with Gasteiger partial charge in [-0.15, -0.1) is 0 Å². The summed E-state index contributed by atoms with van der Waals surface area (Å²) in [5, 5.41) is 41.7. The number of rotatable bonds is 26. The third kappa shape index (κ3) is 16.2. The quantitative estimate of drug-likeness (QED) is 0.0624. The van der Waals surface area contributed by atoms with Gasteiger partial charge in [0.1, 0.15) is 6.10 Å².